The zero-order chi connectivity index (χ0) is 16.5. The van der Waals surface area contributed by atoms with Crippen LogP contribution in [-0.4, -0.2) is 43.8 Å². The van der Waals surface area contributed by atoms with Gasteiger partial charge in [-0.3, -0.25) is 0 Å². The average Bonchev–Trinajstić information content (AvgIpc) is 2.33. The van der Waals surface area contributed by atoms with E-state index in [-0.39, 0.29) is 23.7 Å². The van der Waals surface area contributed by atoms with Crippen LogP contribution in [-0.2, 0) is 0 Å². The van der Waals surface area contributed by atoms with E-state index in [0.717, 1.165) is 0 Å². The molecule has 20 heavy (non-hydrogen) atoms. The van der Waals surface area contributed by atoms with Crippen LogP contribution in [0.1, 0.15) is 55.4 Å². The lowest BCUT2D eigenvalue weighted by atomic mass is 9.67. The van der Waals surface area contributed by atoms with Gasteiger partial charge in [-0.05, 0) is 23.7 Å². The second-order valence-electron chi connectivity index (χ2n) is 7.28. The van der Waals surface area contributed by atoms with Gasteiger partial charge in [0.05, 0.1) is 11.2 Å². The Hall–Kier alpha value is -0.160. The molecule has 4 heteroatoms. The third-order valence-electron chi connectivity index (χ3n) is 4.95. The first-order chi connectivity index (χ1) is 8.84. The first-order valence-electron chi connectivity index (χ1n) is 7.65. The molecule has 0 aliphatic rings. The van der Waals surface area contributed by atoms with Gasteiger partial charge in [0.2, 0.25) is 0 Å². The fraction of sp³-hybridized carbons (Fsp3) is 1.00. The monoisotopic (exact) mass is 290 g/mol. The molecule has 2 atom stereocenters. The molecule has 4 N–H and O–H groups in total. The smallest absolute Gasteiger partial charge is 0.112 e. The Labute approximate surface area is 123 Å². The number of aliphatic hydroxyl groups excluding tert-OH is 2. The molecule has 0 radical (unpaired) electrons. The van der Waals surface area contributed by atoms with Gasteiger partial charge in [0, 0.05) is 0 Å². The van der Waals surface area contributed by atoms with Crippen molar-refractivity contribution >= 4 is 0 Å². The van der Waals surface area contributed by atoms with Gasteiger partial charge in [0.25, 0.3) is 0 Å². The summed E-state index contributed by atoms with van der Waals surface area (Å²) in [7, 11) is 0. The van der Waals surface area contributed by atoms with Gasteiger partial charge < -0.3 is 20.4 Å². The summed E-state index contributed by atoms with van der Waals surface area (Å²) >= 11 is 0. The zero-order valence-electron chi connectivity index (χ0n) is 14.3. The van der Waals surface area contributed by atoms with E-state index in [2.05, 4.69) is 0 Å². The second-order valence-corrected chi connectivity index (χ2v) is 7.28. The fourth-order valence-corrected chi connectivity index (χ4v) is 3.21. The molecule has 0 aromatic carbocycles. The minimum Gasteiger partial charge on any atom is -0.387 e. The SMILES string of the molecule is CC(C)C(O)(C(C)C)[C@H](O)[C@@H](O)C(O)(C(C)C)C(C)C. The largest absolute Gasteiger partial charge is 0.387 e. The van der Waals surface area contributed by atoms with E-state index in [1.165, 1.54) is 0 Å². The Balaban J connectivity index is 5.61. The van der Waals surface area contributed by atoms with Crippen LogP contribution in [0.3, 0.4) is 0 Å². The summed E-state index contributed by atoms with van der Waals surface area (Å²) in [6.45, 7) is 14.4. The van der Waals surface area contributed by atoms with Crippen molar-refractivity contribution in [2.75, 3.05) is 0 Å². The van der Waals surface area contributed by atoms with Crippen LogP contribution >= 0.6 is 0 Å². The minimum absolute atomic E-state index is 0.240. The molecule has 0 saturated heterocycles. The molecule has 0 bridgehead atoms. The predicted octanol–water partition coefficient (Wildman–Crippen LogP) is 1.79. The van der Waals surface area contributed by atoms with Gasteiger partial charge in [-0.2, -0.15) is 0 Å². The first-order valence-corrected chi connectivity index (χ1v) is 7.65. The maximum absolute atomic E-state index is 10.8. The van der Waals surface area contributed by atoms with Gasteiger partial charge in [-0.15, -0.1) is 0 Å². The van der Waals surface area contributed by atoms with Crippen molar-refractivity contribution in [3.8, 4) is 0 Å². The van der Waals surface area contributed by atoms with E-state index in [1.807, 2.05) is 0 Å². The highest BCUT2D eigenvalue weighted by molar-refractivity contribution is 5.04. The maximum atomic E-state index is 10.8. The molecule has 0 fully saturated rings. The number of aliphatic hydroxyl groups is 4. The Morgan fingerprint density at radius 3 is 0.750 bits per heavy atom. The Bertz CT molecular complexity index is 251. The predicted molar refractivity (Wildman–Crippen MR) is 81.3 cm³/mol. The molecule has 0 aliphatic heterocycles. The minimum atomic E-state index is -1.45. The zero-order valence-corrected chi connectivity index (χ0v) is 14.3. The topological polar surface area (TPSA) is 80.9 Å². The molecule has 0 amide bonds. The molecule has 0 spiro atoms. The molecular weight excluding hydrogens is 256 g/mol. The highest BCUT2D eigenvalue weighted by atomic mass is 16.4. The summed E-state index contributed by atoms with van der Waals surface area (Å²) in [6.07, 6.45) is -2.81. The van der Waals surface area contributed by atoms with Gasteiger partial charge in [0.15, 0.2) is 0 Å². The summed E-state index contributed by atoms with van der Waals surface area (Å²) in [5, 5.41) is 42.7. The van der Waals surface area contributed by atoms with Crippen molar-refractivity contribution in [1.29, 1.82) is 0 Å². The molecule has 0 heterocycles. The Kier molecular flexibility index (Phi) is 6.68. The number of rotatable bonds is 7. The average molecular weight is 290 g/mol. The van der Waals surface area contributed by atoms with Crippen LogP contribution in [0, 0.1) is 23.7 Å². The summed E-state index contributed by atoms with van der Waals surface area (Å²) in [5.41, 5.74) is -2.89. The summed E-state index contributed by atoms with van der Waals surface area (Å²) in [6, 6.07) is 0. The molecule has 0 rings (SSSR count). The van der Waals surface area contributed by atoms with Gasteiger partial charge >= 0.3 is 0 Å². The summed E-state index contributed by atoms with van der Waals surface area (Å²) < 4.78 is 0. The normalized spacial score (nSPS) is 17.4. The molecule has 0 aliphatic carbocycles. The van der Waals surface area contributed by atoms with Crippen LogP contribution in [0.2, 0.25) is 0 Å². The van der Waals surface area contributed by atoms with E-state index in [0.29, 0.717) is 0 Å². The molecule has 4 nitrogen and oxygen atoms in total. The number of hydrogen-bond acceptors (Lipinski definition) is 4. The molecule has 122 valence electrons. The lowest BCUT2D eigenvalue weighted by Crippen LogP contribution is -2.65. The molecule has 0 unspecified atom stereocenters. The molecule has 0 aromatic rings. The molecule has 0 saturated carbocycles. The van der Waals surface area contributed by atoms with E-state index < -0.39 is 23.4 Å². The van der Waals surface area contributed by atoms with Crippen LogP contribution in [0.25, 0.3) is 0 Å². The van der Waals surface area contributed by atoms with Crippen molar-refractivity contribution in [2.24, 2.45) is 23.7 Å². The summed E-state index contributed by atoms with van der Waals surface area (Å²) in [5.74, 6) is -0.960. The van der Waals surface area contributed by atoms with Gasteiger partial charge in [0.1, 0.15) is 12.2 Å². The summed E-state index contributed by atoms with van der Waals surface area (Å²) in [4.78, 5) is 0. The molecule has 0 aromatic heterocycles. The quantitative estimate of drug-likeness (QED) is 0.576. The Morgan fingerprint density at radius 2 is 0.650 bits per heavy atom. The number of hydrogen-bond donors (Lipinski definition) is 4. The van der Waals surface area contributed by atoms with Crippen LogP contribution in [0.4, 0.5) is 0 Å². The third kappa shape index (κ3) is 3.19. The van der Waals surface area contributed by atoms with E-state index in [1.54, 1.807) is 55.4 Å². The lowest BCUT2D eigenvalue weighted by Gasteiger charge is -2.48. The van der Waals surface area contributed by atoms with Crippen molar-refractivity contribution in [2.45, 2.75) is 78.8 Å². The van der Waals surface area contributed by atoms with Crippen LogP contribution in [0.5, 0.6) is 0 Å². The standard InChI is InChI=1S/C16H34O4/c1-9(2)15(19,10(3)4)13(17)14(18)16(20,11(5)6)12(7)8/h9-14,17-20H,1-8H3/t13-,14-/m1/s1. The van der Waals surface area contributed by atoms with Crippen LogP contribution in [0.15, 0.2) is 0 Å². The van der Waals surface area contributed by atoms with Crippen molar-refractivity contribution < 1.29 is 20.4 Å². The second kappa shape index (κ2) is 6.73. The Morgan fingerprint density at radius 1 is 0.500 bits per heavy atom. The van der Waals surface area contributed by atoms with Crippen molar-refractivity contribution in [1.82, 2.24) is 0 Å². The maximum Gasteiger partial charge on any atom is 0.112 e. The van der Waals surface area contributed by atoms with Gasteiger partial charge in [-0.25, -0.2) is 0 Å². The van der Waals surface area contributed by atoms with E-state index >= 15 is 0 Å². The third-order valence-corrected chi connectivity index (χ3v) is 4.95. The van der Waals surface area contributed by atoms with Gasteiger partial charge in [-0.1, -0.05) is 55.4 Å². The van der Waals surface area contributed by atoms with Crippen molar-refractivity contribution in [3.63, 3.8) is 0 Å². The first kappa shape index (κ1) is 19.8. The van der Waals surface area contributed by atoms with E-state index in [9.17, 15) is 20.4 Å². The highest BCUT2D eigenvalue weighted by Crippen LogP contribution is 2.38. The van der Waals surface area contributed by atoms with Crippen molar-refractivity contribution in [3.05, 3.63) is 0 Å². The highest BCUT2D eigenvalue weighted by Gasteiger charge is 2.53. The van der Waals surface area contributed by atoms with Crippen LogP contribution < -0.4 is 0 Å². The van der Waals surface area contributed by atoms with E-state index in [4.69, 9.17) is 0 Å². The fourth-order valence-electron chi connectivity index (χ4n) is 3.21. The molecular formula is C16H34O4. The lowest BCUT2D eigenvalue weighted by molar-refractivity contribution is -0.231.